The van der Waals surface area contributed by atoms with Crippen molar-refractivity contribution in [2.75, 3.05) is 6.61 Å². The number of nitrogens with zero attached hydrogens (tertiary/aromatic N) is 1. The molecule has 0 aliphatic carbocycles. The van der Waals surface area contributed by atoms with Gasteiger partial charge in [0.15, 0.2) is 0 Å². The van der Waals surface area contributed by atoms with Crippen LogP contribution in [0, 0.1) is 12.7 Å². The highest BCUT2D eigenvalue weighted by Crippen LogP contribution is 2.41. The minimum Gasteiger partial charge on any atom is -0.491 e. The molecule has 0 unspecified atom stereocenters. The third kappa shape index (κ3) is 3.39. The second kappa shape index (κ2) is 7.59. The normalized spacial score (nSPS) is 17.5. The van der Waals surface area contributed by atoms with Crippen LogP contribution in [0.2, 0.25) is 0 Å². The summed E-state index contributed by atoms with van der Waals surface area (Å²) in [6.07, 6.45) is 1.96. The zero-order chi connectivity index (χ0) is 21.3. The highest BCUT2D eigenvalue weighted by Gasteiger charge is 2.42. The maximum Gasteiger partial charge on any atom is 0.335 e. The zero-order valence-electron chi connectivity index (χ0n) is 16.2. The Bertz CT molecular complexity index is 1130. The Morgan fingerprint density at radius 2 is 1.87 bits per heavy atom. The molecule has 0 spiro atoms. The molecule has 1 amide bonds. The number of pyridine rings is 1. The number of carboxylic acids is 1. The number of benzene rings is 2. The van der Waals surface area contributed by atoms with Crippen LogP contribution in [0.5, 0.6) is 5.75 Å². The van der Waals surface area contributed by atoms with Crippen LogP contribution in [0.4, 0.5) is 4.39 Å². The summed E-state index contributed by atoms with van der Waals surface area (Å²) in [6.45, 7) is 1.98. The first-order valence-electron chi connectivity index (χ1n) is 9.41. The largest absolute Gasteiger partial charge is 0.491 e. The molecule has 2 aromatic carbocycles. The molecule has 30 heavy (non-hydrogen) atoms. The van der Waals surface area contributed by atoms with E-state index in [9.17, 15) is 14.0 Å². The summed E-state index contributed by atoms with van der Waals surface area (Å²) in [5.74, 6) is -1.36. The van der Waals surface area contributed by atoms with Crippen molar-refractivity contribution in [1.82, 2.24) is 10.3 Å². The molecule has 0 saturated heterocycles. The van der Waals surface area contributed by atoms with Crippen molar-refractivity contribution in [2.45, 2.75) is 18.9 Å². The van der Waals surface area contributed by atoms with Crippen LogP contribution >= 0.6 is 0 Å². The van der Waals surface area contributed by atoms with Gasteiger partial charge in [0.25, 0.3) is 5.91 Å². The first kappa shape index (κ1) is 19.6. The number of aromatic carboxylic acids is 1. The van der Waals surface area contributed by atoms with Gasteiger partial charge in [-0.1, -0.05) is 12.1 Å². The van der Waals surface area contributed by atoms with Gasteiger partial charge in [-0.3, -0.25) is 9.78 Å². The van der Waals surface area contributed by atoms with Crippen molar-refractivity contribution in [1.29, 1.82) is 0 Å². The quantitative estimate of drug-likeness (QED) is 0.690. The van der Waals surface area contributed by atoms with E-state index in [4.69, 9.17) is 9.84 Å². The minimum atomic E-state index is -1.09. The first-order valence-corrected chi connectivity index (χ1v) is 9.41. The number of rotatable bonds is 4. The Hall–Kier alpha value is -3.74. The monoisotopic (exact) mass is 406 g/mol. The Balaban J connectivity index is 1.80. The number of halogens is 1. The van der Waals surface area contributed by atoms with Crippen LogP contribution in [-0.2, 0) is 5.54 Å². The second-order valence-corrected chi connectivity index (χ2v) is 7.15. The fourth-order valence-corrected chi connectivity index (χ4v) is 3.62. The third-order valence-corrected chi connectivity index (χ3v) is 5.30. The number of carbonyl (C=O) groups is 2. The molecule has 4 rings (SSSR count). The predicted octanol–water partition coefficient (Wildman–Crippen LogP) is 3.68. The lowest BCUT2D eigenvalue weighted by Gasteiger charge is -2.39. The number of aromatic nitrogens is 1. The Kier molecular flexibility index (Phi) is 4.95. The molecule has 1 atom stereocenters. The van der Waals surface area contributed by atoms with Gasteiger partial charge in [-0.15, -0.1) is 0 Å². The van der Waals surface area contributed by atoms with Crippen LogP contribution in [0.1, 0.15) is 44.0 Å². The molecule has 0 radical (unpaired) electrons. The van der Waals surface area contributed by atoms with Gasteiger partial charge in [0.05, 0.1) is 12.2 Å². The topological polar surface area (TPSA) is 88.5 Å². The van der Waals surface area contributed by atoms with Crippen molar-refractivity contribution in [3.05, 3.63) is 94.6 Å². The predicted molar refractivity (Wildman–Crippen MR) is 107 cm³/mol. The Morgan fingerprint density at radius 3 is 2.57 bits per heavy atom. The van der Waals surface area contributed by atoms with Crippen LogP contribution in [-0.4, -0.2) is 28.6 Å². The summed E-state index contributed by atoms with van der Waals surface area (Å²) in [5, 5.41) is 12.1. The van der Waals surface area contributed by atoms with Crippen molar-refractivity contribution in [2.24, 2.45) is 0 Å². The fraction of sp³-hybridized carbons (Fsp3) is 0.174. The van der Waals surface area contributed by atoms with Gasteiger partial charge in [-0.25, -0.2) is 9.18 Å². The van der Waals surface area contributed by atoms with Gasteiger partial charge in [-0.05, 0) is 60.5 Å². The minimum absolute atomic E-state index is 0.0833. The lowest BCUT2D eigenvalue weighted by atomic mass is 9.80. The summed E-state index contributed by atoms with van der Waals surface area (Å²) in [6, 6.07) is 14.0. The molecule has 2 N–H and O–H groups in total. The number of hydrogen-bond acceptors (Lipinski definition) is 4. The van der Waals surface area contributed by atoms with E-state index >= 15 is 0 Å². The van der Waals surface area contributed by atoms with Gasteiger partial charge >= 0.3 is 5.97 Å². The van der Waals surface area contributed by atoms with E-state index in [1.807, 2.05) is 0 Å². The molecule has 0 bridgehead atoms. The maximum atomic E-state index is 14.4. The Morgan fingerprint density at radius 1 is 1.13 bits per heavy atom. The van der Waals surface area contributed by atoms with Crippen LogP contribution < -0.4 is 10.1 Å². The number of fused-ring (bicyclic) bond motifs is 1. The standard InChI is InChI=1S/C23H19FN2O4/c1-14-4-9-17(13-18(14)24)23(10-12-30-19-3-2-11-25-20(19)23)26-21(27)15-5-7-16(8-6-15)22(28)29/h2-9,11,13H,10,12H2,1H3,(H,26,27)(H,28,29)/t23-/m0/s1. The highest BCUT2D eigenvalue weighted by molar-refractivity contribution is 5.96. The summed E-state index contributed by atoms with van der Waals surface area (Å²) in [5.41, 5.74) is 0.833. The van der Waals surface area contributed by atoms with Crippen molar-refractivity contribution in [3.8, 4) is 5.75 Å². The van der Waals surface area contributed by atoms with Gasteiger partial charge in [-0.2, -0.15) is 0 Å². The summed E-state index contributed by atoms with van der Waals surface area (Å²) in [4.78, 5) is 28.6. The van der Waals surface area contributed by atoms with Crippen molar-refractivity contribution >= 4 is 11.9 Å². The molecule has 1 aliphatic heterocycles. The lowest BCUT2D eigenvalue weighted by Crippen LogP contribution is -2.50. The smallest absolute Gasteiger partial charge is 0.335 e. The molecule has 152 valence electrons. The van der Waals surface area contributed by atoms with E-state index in [1.54, 1.807) is 37.4 Å². The molecule has 3 aromatic rings. The maximum absolute atomic E-state index is 14.4. The fourth-order valence-electron chi connectivity index (χ4n) is 3.62. The average molecular weight is 406 g/mol. The summed E-state index contributed by atoms with van der Waals surface area (Å²) in [7, 11) is 0. The molecule has 0 fully saturated rings. The van der Waals surface area contributed by atoms with Gasteiger partial charge in [0.1, 0.15) is 22.8 Å². The van der Waals surface area contributed by atoms with E-state index in [1.165, 1.54) is 30.3 Å². The SMILES string of the molecule is Cc1ccc([C@@]2(NC(=O)c3ccc(C(=O)O)cc3)CCOc3cccnc32)cc1F. The lowest BCUT2D eigenvalue weighted by molar-refractivity contribution is 0.0696. The van der Waals surface area contributed by atoms with Crippen LogP contribution in [0.3, 0.4) is 0 Å². The molecular formula is C23H19FN2O4. The number of hydrogen-bond donors (Lipinski definition) is 2. The molecule has 6 nitrogen and oxygen atoms in total. The van der Waals surface area contributed by atoms with E-state index < -0.39 is 17.4 Å². The second-order valence-electron chi connectivity index (χ2n) is 7.15. The van der Waals surface area contributed by atoms with Gasteiger partial charge in [0.2, 0.25) is 0 Å². The van der Waals surface area contributed by atoms with E-state index in [0.29, 0.717) is 35.6 Å². The van der Waals surface area contributed by atoms with Crippen molar-refractivity contribution in [3.63, 3.8) is 0 Å². The molecular weight excluding hydrogens is 387 g/mol. The average Bonchev–Trinajstić information content (AvgIpc) is 2.76. The van der Waals surface area contributed by atoms with E-state index in [2.05, 4.69) is 10.3 Å². The first-order chi connectivity index (χ1) is 14.4. The molecule has 1 aromatic heterocycles. The number of aryl methyl sites for hydroxylation is 1. The number of carbonyl (C=O) groups excluding carboxylic acids is 1. The molecule has 7 heteroatoms. The van der Waals surface area contributed by atoms with E-state index in [-0.39, 0.29) is 16.9 Å². The number of nitrogens with one attached hydrogen (secondary N) is 1. The van der Waals surface area contributed by atoms with Crippen LogP contribution in [0.15, 0.2) is 60.8 Å². The van der Waals surface area contributed by atoms with E-state index in [0.717, 1.165) is 0 Å². The number of amides is 1. The number of ether oxygens (including phenoxy) is 1. The zero-order valence-corrected chi connectivity index (χ0v) is 16.2. The van der Waals surface area contributed by atoms with Gasteiger partial charge < -0.3 is 15.2 Å². The van der Waals surface area contributed by atoms with Gasteiger partial charge in [0, 0.05) is 18.2 Å². The number of carboxylic acid groups (broad SMARTS) is 1. The summed E-state index contributed by atoms with van der Waals surface area (Å²) < 4.78 is 20.2. The van der Waals surface area contributed by atoms with Crippen LogP contribution in [0.25, 0.3) is 0 Å². The molecule has 0 saturated carbocycles. The molecule has 1 aliphatic rings. The molecule has 2 heterocycles. The third-order valence-electron chi connectivity index (χ3n) is 5.30. The van der Waals surface area contributed by atoms with Crippen molar-refractivity contribution < 1.29 is 23.8 Å². The Labute approximate surface area is 172 Å². The summed E-state index contributed by atoms with van der Waals surface area (Å²) >= 11 is 0. The highest BCUT2D eigenvalue weighted by atomic mass is 19.1.